The maximum absolute atomic E-state index is 13.0. The molecule has 3 heterocycles. The summed E-state index contributed by atoms with van der Waals surface area (Å²) in [5.74, 6) is 0.466. The van der Waals surface area contributed by atoms with Crippen LogP contribution in [0.3, 0.4) is 0 Å². The van der Waals surface area contributed by atoms with Crippen LogP contribution in [0.1, 0.15) is 37.8 Å². The van der Waals surface area contributed by atoms with E-state index in [1.807, 2.05) is 49.0 Å². The monoisotopic (exact) mass is 352 g/mol. The molecular weight excluding hydrogens is 324 g/mol. The van der Waals surface area contributed by atoms with E-state index in [1.54, 1.807) is 4.68 Å². The lowest BCUT2D eigenvalue weighted by atomic mass is 9.84. The molecule has 2 unspecified atom stereocenters. The molecule has 2 fully saturated rings. The molecule has 2 aliphatic heterocycles. The van der Waals surface area contributed by atoms with E-state index in [1.165, 1.54) is 45.2 Å². The summed E-state index contributed by atoms with van der Waals surface area (Å²) in [5.41, 5.74) is 2.32. The Hall–Kier alpha value is -2.14. The highest BCUT2D eigenvalue weighted by atomic mass is 16.1. The second-order valence-electron chi connectivity index (χ2n) is 7.59. The van der Waals surface area contributed by atoms with Crippen LogP contribution in [-0.4, -0.2) is 39.6 Å². The zero-order valence-corrected chi connectivity index (χ0v) is 15.8. The number of aliphatic imine (C=N–C) groups is 1. The summed E-state index contributed by atoms with van der Waals surface area (Å²) in [4.78, 5) is 20.3. The Balaban J connectivity index is 1.64. The van der Waals surface area contributed by atoms with Gasteiger partial charge in [-0.1, -0.05) is 24.6 Å². The number of aromatic nitrogens is 2. The summed E-state index contributed by atoms with van der Waals surface area (Å²) < 4.78 is 3.61. The molecule has 2 aliphatic rings. The standard InChI is InChI=1S/C21H28N4O/c1-16-20(21(26)25(23(16)2)18-10-4-3-5-11-18)22-15-17-9-8-14-24-13-7-6-12-19(17)24/h3-5,10-11,15,17,19H,6-9,12-14H2,1-2H3/b22-15-. The van der Waals surface area contributed by atoms with Crippen LogP contribution in [0.25, 0.3) is 5.69 Å². The van der Waals surface area contributed by atoms with Gasteiger partial charge < -0.3 is 0 Å². The van der Waals surface area contributed by atoms with Gasteiger partial charge in [-0.25, -0.2) is 4.68 Å². The van der Waals surface area contributed by atoms with Gasteiger partial charge in [0.05, 0.1) is 11.4 Å². The molecule has 4 rings (SSSR count). The Labute approximate surface area is 154 Å². The van der Waals surface area contributed by atoms with E-state index in [9.17, 15) is 4.79 Å². The van der Waals surface area contributed by atoms with Gasteiger partial charge in [0.1, 0.15) is 0 Å². The highest BCUT2D eigenvalue weighted by molar-refractivity contribution is 5.67. The molecule has 2 atom stereocenters. The summed E-state index contributed by atoms with van der Waals surface area (Å²) in [6.45, 7) is 4.42. The van der Waals surface area contributed by atoms with Crippen molar-refractivity contribution in [2.75, 3.05) is 13.1 Å². The van der Waals surface area contributed by atoms with E-state index in [-0.39, 0.29) is 5.56 Å². The fraction of sp³-hybridized carbons (Fsp3) is 0.524. The first-order chi connectivity index (χ1) is 12.7. The first-order valence-corrected chi connectivity index (χ1v) is 9.79. The minimum atomic E-state index is -0.0382. The van der Waals surface area contributed by atoms with E-state index in [4.69, 9.17) is 4.99 Å². The number of nitrogens with zero attached hydrogens (tertiary/aromatic N) is 4. The zero-order valence-electron chi connectivity index (χ0n) is 15.8. The Bertz CT molecular complexity index is 847. The molecule has 0 N–H and O–H groups in total. The summed E-state index contributed by atoms with van der Waals surface area (Å²) in [6.07, 6.45) is 8.38. The van der Waals surface area contributed by atoms with Crippen LogP contribution < -0.4 is 5.56 Å². The third-order valence-electron chi connectivity index (χ3n) is 6.06. The summed E-state index contributed by atoms with van der Waals surface area (Å²) in [7, 11) is 1.92. The van der Waals surface area contributed by atoms with Crippen LogP contribution in [0.5, 0.6) is 0 Å². The van der Waals surface area contributed by atoms with Crippen molar-refractivity contribution in [3.8, 4) is 5.69 Å². The molecule has 0 radical (unpaired) electrons. The number of fused-ring (bicyclic) bond motifs is 1. The van der Waals surface area contributed by atoms with Crippen LogP contribution in [0.4, 0.5) is 5.69 Å². The van der Waals surface area contributed by atoms with Crippen molar-refractivity contribution in [3.63, 3.8) is 0 Å². The summed E-state index contributed by atoms with van der Waals surface area (Å²) in [6, 6.07) is 10.4. The highest BCUT2D eigenvalue weighted by Gasteiger charge is 2.32. The largest absolute Gasteiger partial charge is 0.300 e. The number of rotatable bonds is 3. The lowest BCUT2D eigenvalue weighted by Gasteiger charge is -2.43. The number of benzene rings is 1. The minimum absolute atomic E-state index is 0.0382. The molecular formula is C21H28N4O. The lowest BCUT2D eigenvalue weighted by Crippen LogP contribution is -2.48. The van der Waals surface area contributed by atoms with Gasteiger partial charge in [0.25, 0.3) is 5.56 Å². The van der Waals surface area contributed by atoms with Gasteiger partial charge in [0.15, 0.2) is 5.69 Å². The van der Waals surface area contributed by atoms with Crippen molar-refractivity contribution in [1.82, 2.24) is 14.3 Å². The van der Waals surface area contributed by atoms with Gasteiger partial charge in [0, 0.05) is 25.2 Å². The molecule has 138 valence electrons. The van der Waals surface area contributed by atoms with Crippen molar-refractivity contribution in [2.45, 2.75) is 45.1 Å². The molecule has 2 aromatic rings. The normalized spacial score (nSPS) is 24.1. The van der Waals surface area contributed by atoms with E-state index in [0.29, 0.717) is 17.6 Å². The summed E-state index contributed by atoms with van der Waals surface area (Å²) >= 11 is 0. The SMILES string of the molecule is Cc1c(/N=C\C2CCCN3CCCCC23)c(=O)n(-c2ccccc2)n1C. The van der Waals surface area contributed by atoms with Crippen LogP contribution >= 0.6 is 0 Å². The highest BCUT2D eigenvalue weighted by Crippen LogP contribution is 2.30. The van der Waals surface area contributed by atoms with Crippen LogP contribution in [-0.2, 0) is 7.05 Å². The van der Waals surface area contributed by atoms with Crippen molar-refractivity contribution >= 4 is 11.9 Å². The fourth-order valence-corrected chi connectivity index (χ4v) is 4.55. The second kappa shape index (κ2) is 7.23. The van der Waals surface area contributed by atoms with E-state index >= 15 is 0 Å². The molecule has 5 nitrogen and oxygen atoms in total. The zero-order chi connectivity index (χ0) is 18.1. The van der Waals surface area contributed by atoms with Crippen molar-refractivity contribution in [2.24, 2.45) is 18.0 Å². The first-order valence-electron chi connectivity index (χ1n) is 9.79. The topological polar surface area (TPSA) is 42.5 Å². The van der Waals surface area contributed by atoms with Crippen LogP contribution in [0.15, 0.2) is 40.1 Å². The Morgan fingerprint density at radius 2 is 1.85 bits per heavy atom. The molecule has 0 bridgehead atoms. The Morgan fingerprint density at radius 1 is 1.08 bits per heavy atom. The molecule has 1 aromatic carbocycles. The van der Waals surface area contributed by atoms with Crippen molar-refractivity contribution < 1.29 is 0 Å². The van der Waals surface area contributed by atoms with Gasteiger partial charge in [-0.15, -0.1) is 0 Å². The third kappa shape index (κ3) is 3.05. The van der Waals surface area contributed by atoms with Crippen LogP contribution in [0.2, 0.25) is 0 Å². The Kier molecular flexibility index (Phi) is 4.81. The first kappa shape index (κ1) is 17.3. The third-order valence-corrected chi connectivity index (χ3v) is 6.06. The van der Waals surface area contributed by atoms with Crippen LogP contribution in [0, 0.1) is 12.8 Å². The molecule has 2 saturated heterocycles. The predicted octanol–water partition coefficient (Wildman–Crippen LogP) is 3.45. The van der Waals surface area contributed by atoms with E-state index in [2.05, 4.69) is 11.1 Å². The van der Waals surface area contributed by atoms with Gasteiger partial charge in [-0.05, 0) is 57.8 Å². The number of hydrogen-bond acceptors (Lipinski definition) is 3. The average molecular weight is 352 g/mol. The minimum Gasteiger partial charge on any atom is -0.300 e. The van der Waals surface area contributed by atoms with Gasteiger partial charge in [-0.3, -0.25) is 19.4 Å². The van der Waals surface area contributed by atoms with Gasteiger partial charge in [-0.2, -0.15) is 0 Å². The molecule has 0 aliphatic carbocycles. The quantitative estimate of drug-likeness (QED) is 0.794. The van der Waals surface area contributed by atoms with Gasteiger partial charge in [0.2, 0.25) is 0 Å². The van der Waals surface area contributed by atoms with Crippen molar-refractivity contribution in [3.05, 3.63) is 46.4 Å². The molecule has 0 spiro atoms. The second-order valence-corrected chi connectivity index (χ2v) is 7.59. The average Bonchev–Trinajstić information content (AvgIpc) is 2.89. The van der Waals surface area contributed by atoms with Gasteiger partial charge >= 0.3 is 0 Å². The van der Waals surface area contributed by atoms with E-state index in [0.717, 1.165) is 11.4 Å². The molecule has 5 heteroatoms. The Morgan fingerprint density at radius 3 is 2.65 bits per heavy atom. The maximum atomic E-state index is 13.0. The lowest BCUT2D eigenvalue weighted by molar-refractivity contribution is 0.0870. The molecule has 26 heavy (non-hydrogen) atoms. The van der Waals surface area contributed by atoms with Crippen molar-refractivity contribution in [1.29, 1.82) is 0 Å². The molecule has 0 saturated carbocycles. The van der Waals surface area contributed by atoms with E-state index < -0.39 is 0 Å². The predicted molar refractivity (Wildman–Crippen MR) is 106 cm³/mol. The maximum Gasteiger partial charge on any atom is 0.297 e. The fourth-order valence-electron chi connectivity index (χ4n) is 4.55. The number of para-hydroxylation sites is 1. The smallest absolute Gasteiger partial charge is 0.297 e. The molecule has 0 amide bonds. The number of hydrogen-bond donors (Lipinski definition) is 0. The summed E-state index contributed by atoms with van der Waals surface area (Å²) in [5, 5.41) is 0. The molecule has 1 aromatic heterocycles. The number of piperidine rings is 2.